The Balaban J connectivity index is 1.90. The van der Waals surface area contributed by atoms with Crippen molar-refractivity contribution in [2.24, 2.45) is 0 Å². The highest BCUT2D eigenvalue weighted by atomic mass is 16.5. The number of nitrogens with one attached hydrogen (secondary N) is 2. The van der Waals surface area contributed by atoms with Gasteiger partial charge in [-0.3, -0.25) is 4.90 Å². The molecule has 2 N–H and O–H groups in total. The van der Waals surface area contributed by atoms with Crippen LogP contribution in [0.15, 0.2) is 0 Å². The summed E-state index contributed by atoms with van der Waals surface area (Å²) in [7, 11) is 0. The van der Waals surface area contributed by atoms with Gasteiger partial charge in [0.05, 0.1) is 13.2 Å². The largest absolute Gasteiger partial charge is 0.379 e. The molecule has 0 aromatic carbocycles. The van der Waals surface area contributed by atoms with Crippen molar-refractivity contribution in [2.75, 3.05) is 56.6 Å². The second-order valence-corrected chi connectivity index (χ2v) is 5.40. The Morgan fingerprint density at radius 2 is 1.67 bits per heavy atom. The third kappa shape index (κ3) is 4.82. The minimum atomic E-state index is 0.799. The number of rotatable bonds is 7. The lowest BCUT2D eigenvalue weighted by atomic mass is 10.3. The van der Waals surface area contributed by atoms with E-state index in [4.69, 9.17) is 4.74 Å². The molecular formula is C15H27N5O. The highest BCUT2D eigenvalue weighted by molar-refractivity contribution is 5.57. The Kier molecular flexibility index (Phi) is 6.20. The summed E-state index contributed by atoms with van der Waals surface area (Å²) in [6.07, 6.45) is 1.09. The number of hydrogen-bond acceptors (Lipinski definition) is 6. The standard InChI is InChI=1S/C15H27N5O/c1-4-5-16-14-12(2)15(19-13(3)18-14)17-6-7-20-8-10-21-11-9-20/h4-11H2,1-3H3,(H2,16,17,18,19). The molecule has 0 bridgehead atoms. The fourth-order valence-electron chi connectivity index (χ4n) is 2.37. The molecule has 1 fully saturated rings. The number of nitrogens with zero attached hydrogens (tertiary/aromatic N) is 3. The zero-order chi connectivity index (χ0) is 15.1. The predicted octanol–water partition coefficient (Wildman–Crippen LogP) is 1.66. The van der Waals surface area contributed by atoms with Gasteiger partial charge in [0.15, 0.2) is 0 Å². The minimum absolute atomic E-state index is 0.799. The van der Waals surface area contributed by atoms with Crippen molar-refractivity contribution in [1.29, 1.82) is 0 Å². The number of ether oxygens (including phenoxy) is 1. The van der Waals surface area contributed by atoms with E-state index in [1.54, 1.807) is 0 Å². The first kappa shape index (κ1) is 16.0. The average molecular weight is 293 g/mol. The molecule has 118 valence electrons. The molecule has 0 spiro atoms. The number of aromatic nitrogens is 2. The normalized spacial score (nSPS) is 16.0. The van der Waals surface area contributed by atoms with E-state index in [1.807, 2.05) is 6.92 Å². The van der Waals surface area contributed by atoms with E-state index >= 15 is 0 Å². The van der Waals surface area contributed by atoms with Crippen LogP contribution in [0.4, 0.5) is 11.6 Å². The topological polar surface area (TPSA) is 62.3 Å². The Morgan fingerprint density at radius 3 is 2.29 bits per heavy atom. The third-order valence-electron chi connectivity index (χ3n) is 3.62. The minimum Gasteiger partial charge on any atom is -0.379 e. The van der Waals surface area contributed by atoms with Gasteiger partial charge < -0.3 is 15.4 Å². The van der Waals surface area contributed by atoms with Crippen molar-refractivity contribution < 1.29 is 4.74 Å². The van der Waals surface area contributed by atoms with Crippen LogP contribution >= 0.6 is 0 Å². The van der Waals surface area contributed by atoms with Crippen molar-refractivity contribution in [3.05, 3.63) is 11.4 Å². The van der Waals surface area contributed by atoms with Gasteiger partial charge in [0.25, 0.3) is 0 Å². The Bertz CT molecular complexity index is 446. The van der Waals surface area contributed by atoms with Gasteiger partial charge in [0.2, 0.25) is 0 Å². The van der Waals surface area contributed by atoms with Gasteiger partial charge in [0, 0.05) is 38.3 Å². The van der Waals surface area contributed by atoms with Gasteiger partial charge in [-0.05, 0) is 20.3 Å². The van der Waals surface area contributed by atoms with Crippen LogP contribution in [0.1, 0.15) is 24.7 Å². The van der Waals surface area contributed by atoms with Crippen LogP contribution in [0.5, 0.6) is 0 Å². The van der Waals surface area contributed by atoms with Crippen molar-refractivity contribution in [3.63, 3.8) is 0 Å². The lowest BCUT2D eigenvalue weighted by Gasteiger charge is -2.26. The summed E-state index contributed by atoms with van der Waals surface area (Å²) in [6.45, 7) is 12.7. The summed E-state index contributed by atoms with van der Waals surface area (Å²) in [6, 6.07) is 0. The van der Waals surface area contributed by atoms with Crippen LogP contribution in [0.2, 0.25) is 0 Å². The smallest absolute Gasteiger partial charge is 0.134 e. The molecule has 21 heavy (non-hydrogen) atoms. The monoisotopic (exact) mass is 293 g/mol. The SMILES string of the molecule is CCCNc1nc(C)nc(NCCN2CCOCC2)c1C. The summed E-state index contributed by atoms with van der Waals surface area (Å²) in [5, 5.41) is 6.81. The quantitative estimate of drug-likeness (QED) is 0.797. The maximum absolute atomic E-state index is 5.36. The predicted molar refractivity (Wildman–Crippen MR) is 86.0 cm³/mol. The number of anilines is 2. The van der Waals surface area contributed by atoms with Crippen LogP contribution in [-0.4, -0.2) is 60.8 Å². The lowest BCUT2D eigenvalue weighted by Crippen LogP contribution is -2.39. The van der Waals surface area contributed by atoms with Crippen molar-refractivity contribution in [3.8, 4) is 0 Å². The Morgan fingerprint density at radius 1 is 1.05 bits per heavy atom. The van der Waals surface area contributed by atoms with Gasteiger partial charge >= 0.3 is 0 Å². The molecule has 0 radical (unpaired) electrons. The van der Waals surface area contributed by atoms with Crippen LogP contribution in [0, 0.1) is 13.8 Å². The molecule has 1 saturated heterocycles. The van der Waals surface area contributed by atoms with Crippen molar-refractivity contribution in [2.45, 2.75) is 27.2 Å². The van der Waals surface area contributed by atoms with Gasteiger partial charge in [-0.15, -0.1) is 0 Å². The summed E-state index contributed by atoms with van der Waals surface area (Å²) in [5.74, 6) is 2.68. The Hall–Kier alpha value is -1.40. The molecule has 2 heterocycles. The molecule has 0 atom stereocenters. The van der Waals surface area contributed by atoms with Gasteiger partial charge in [0.1, 0.15) is 17.5 Å². The number of aryl methyl sites for hydroxylation is 1. The second kappa shape index (κ2) is 8.14. The molecular weight excluding hydrogens is 266 g/mol. The highest BCUT2D eigenvalue weighted by Crippen LogP contribution is 2.19. The number of morpholine rings is 1. The first-order valence-corrected chi connectivity index (χ1v) is 7.83. The zero-order valence-electron chi connectivity index (χ0n) is 13.4. The Labute approximate surface area is 127 Å². The molecule has 0 aliphatic carbocycles. The summed E-state index contributed by atoms with van der Waals surface area (Å²) < 4.78 is 5.36. The molecule has 2 rings (SSSR count). The maximum Gasteiger partial charge on any atom is 0.134 e. The van der Waals surface area contributed by atoms with E-state index in [0.717, 1.165) is 75.4 Å². The van der Waals surface area contributed by atoms with Crippen LogP contribution in [0.3, 0.4) is 0 Å². The maximum atomic E-state index is 5.36. The third-order valence-corrected chi connectivity index (χ3v) is 3.62. The fraction of sp³-hybridized carbons (Fsp3) is 0.733. The molecule has 1 aromatic heterocycles. The zero-order valence-corrected chi connectivity index (χ0v) is 13.4. The summed E-state index contributed by atoms with van der Waals surface area (Å²) >= 11 is 0. The van der Waals surface area contributed by atoms with Crippen LogP contribution in [-0.2, 0) is 4.74 Å². The van der Waals surface area contributed by atoms with Crippen molar-refractivity contribution in [1.82, 2.24) is 14.9 Å². The molecule has 1 aliphatic heterocycles. The fourth-order valence-corrected chi connectivity index (χ4v) is 2.37. The van der Waals surface area contributed by atoms with Crippen LogP contribution in [0.25, 0.3) is 0 Å². The first-order valence-electron chi connectivity index (χ1n) is 7.83. The van der Waals surface area contributed by atoms with Gasteiger partial charge in [-0.2, -0.15) is 0 Å². The lowest BCUT2D eigenvalue weighted by molar-refractivity contribution is 0.0398. The summed E-state index contributed by atoms with van der Waals surface area (Å²) in [5.41, 5.74) is 1.09. The highest BCUT2D eigenvalue weighted by Gasteiger charge is 2.11. The molecule has 1 aliphatic rings. The van der Waals surface area contributed by atoms with E-state index in [1.165, 1.54) is 0 Å². The van der Waals surface area contributed by atoms with Gasteiger partial charge in [-0.25, -0.2) is 9.97 Å². The van der Waals surface area contributed by atoms with Gasteiger partial charge in [-0.1, -0.05) is 6.92 Å². The molecule has 6 nitrogen and oxygen atoms in total. The van der Waals surface area contributed by atoms with E-state index in [9.17, 15) is 0 Å². The molecule has 1 aromatic rings. The molecule has 0 amide bonds. The summed E-state index contributed by atoms with van der Waals surface area (Å²) in [4.78, 5) is 11.4. The van der Waals surface area contributed by atoms with Crippen LogP contribution < -0.4 is 10.6 Å². The number of hydrogen-bond donors (Lipinski definition) is 2. The second-order valence-electron chi connectivity index (χ2n) is 5.40. The van der Waals surface area contributed by atoms with E-state index in [0.29, 0.717) is 0 Å². The average Bonchev–Trinajstić information content (AvgIpc) is 2.50. The van der Waals surface area contributed by atoms with E-state index in [2.05, 4.69) is 39.3 Å². The first-order chi connectivity index (χ1) is 10.2. The van der Waals surface area contributed by atoms with E-state index < -0.39 is 0 Å². The molecule has 0 unspecified atom stereocenters. The van der Waals surface area contributed by atoms with Crippen molar-refractivity contribution >= 4 is 11.6 Å². The molecule has 0 saturated carbocycles. The molecule has 6 heteroatoms. The van der Waals surface area contributed by atoms with E-state index in [-0.39, 0.29) is 0 Å².